The zero-order valence-electron chi connectivity index (χ0n) is 10.5. The third-order valence-electron chi connectivity index (χ3n) is 3.88. The molecule has 0 saturated carbocycles. The molecule has 6 heteroatoms. The van der Waals surface area contributed by atoms with Gasteiger partial charge in [0.25, 0.3) is 0 Å². The van der Waals surface area contributed by atoms with Gasteiger partial charge >= 0.3 is 0 Å². The van der Waals surface area contributed by atoms with Crippen LogP contribution in [-0.2, 0) is 0 Å². The van der Waals surface area contributed by atoms with E-state index < -0.39 is 0 Å². The second-order valence-electron chi connectivity index (χ2n) is 5.10. The van der Waals surface area contributed by atoms with E-state index in [1.807, 2.05) is 10.6 Å². The topological polar surface area (TPSA) is 46.3 Å². The standard InChI is InChI=1S/C12H16ClN5/c1-8-3-5-17(7-9(8)2)12-16-15-11-10(13)14-4-6-18(11)12/h4,6,8-9H,3,5,7H2,1-2H3. The van der Waals surface area contributed by atoms with Gasteiger partial charge in [0, 0.05) is 25.5 Å². The highest BCUT2D eigenvalue weighted by Gasteiger charge is 2.25. The maximum atomic E-state index is 6.01. The molecule has 0 aliphatic carbocycles. The first-order valence-corrected chi connectivity index (χ1v) is 6.65. The van der Waals surface area contributed by atoms with Crippen molar-refractivity contribution in [3.05, 3.63) is 17.5 Å². The Labute approximate surface area is 111 Å². The Kier molecular flexibility index (Phi) is 2.86. The second kappa shape index (κ2) is 4.39. The highest BCUT2D eigenvalue weighted by atomic mass is 35.5. The summed E-state index contributed by atoms with van der Waals surface area (Å²) in [5, 5.41) is 8.77. The number of anilines is 1. The van der Waals surface area contributed by atoms with Crippen LogP contribution < -0.4 is 4.90 Å². The van der Waals surface area contributed by atoms with Crippen molar-refractivity contribution in [1.29, 1.82) is 0 Å². The second-order valence-corrected chi connectivity index (χ2v) is 5.46. The lowest BCUT2D eigenvalue weighted by Crippen LogP contribution is -2.39. The summed E-state index contributed by atoms with van der Waals surface area (Å²) in [7, 11) is 0. The summed E-state index contributed by atoms with van der Waals surface area (Å²) in [6, 6.07) is 0. The maximum absolute atomic E-state index is 6.01. The Morgan fingerprint density at radius 2 is 2.11 bits per heavy atom. The van der Waals surface area contributed by atoms with Crippen LogP contribution in [0.2, 0.25) is 5.15 Å². The Morgan fingerprint density at radius 1 is 1.28 bits per heavy atom. The first-order chi connectivity index (χ1) is 8.66. The van der Waals surface area contributed by atoms with E-state index in [4.69, 9.17) is 11.6 Å². The van der Waals surface area contributed by atoms with Crippen LogP contribution in [0.4, 0.5) is 5.95 Å². The summed E-state index contributed by atoms with van der Waals surface area (Å²) >= 11 is 6.01. The van der Waals surface area contributed by atoms with Gasteiger partial charge in [-0.25, -0.2) is 4.98 Å². The Hall–Kier alpha value is -1.36. The minimum atomic E-state index is 0.398. The zero-order chi connectivity index (χ0) is 12.7. The van der Waals surface area contributed by atoms with Gasteiger partial charge in [0.1, 0.15) is 0 Å². The minimum absolute atomic E-state index is 0.398. The summed E-state index contributed by atoms with van der Waals surface area (Å²) in [6.07, 6.45) is 4.73. The quantitative estimate of drug-likeness (QED) is 0.794. The van der Waals surface area contributed by atoms with Crippen LogP contribution in [0, 0.1) is 11.8 Å². The fraction of sp³-hybridized carbons (Fsp3) is 0.583. The molecule has 0 amide bonds. The Bertz CT molecular complexity index is 567. The average Bonchev–Trinajstić information content (AvgIpc) is 2.78. The maximum Gasteiger partial charge on any atom is 0.231 e. The van der Waals surface area contributed by atoms with Gasteiger partial charge in [0.05, 0.1) is 0 Å². The molecule has 1 aliphatic heterocycles. The van der Waals surface area contributed by atoms with Crippen LogP contribution >= 0.6 is 11.6 Å². The SMILES string of the molecule is CC1CCN(c2nnc3c(Cl)nccn23)CC1C. The van der Waals surface area contributed by atoms with E-state index in [2.05, 4.69) is 33.9 Å². The van der Waals surface area contributed by atoms with E-state index in [-0.39, 0.29) is 0 Å². The van der Waals surface area contributed by atoms with Crippen molar-refractivity contribution in [1.82, 2.24) is 19.6 Å². The number of rotatable bonds is 1. The van der Waals surface area contributed by atoms with Crippen LogP contribution in [-0.4, -0.2) is 32.7 Å². The molecule has 0 N–H and O–H groups in total. The molecule has 0 spiro atoms. The molecular formula is C12H16ClN5. The minimum Gasteiger partial charge on any atom is -0.340 e. The third kappa shape index (κ3) is 1.82. The lowest BCUT2D eigenvalue weighted by molar-refractivity contribution is 0.321. The van der Waals surface area contributed by atoms with Gasteiger partial charge in [0.15, 0.2) is 10.8 Å². The summed E-state index contributed by atoms with van der Waals surface area (Å²) in [5.41, 5.74) is 0.625. The number of aromatic nitrogens is 4. The predicted molar refractivity (Wildman–Crippen MR) is 71.0 cm³/mol. The van der Waals surface area contributed by atoms with Crippen molar-refractivity contribution >= 4 is 23.2 Å². The van der Waals surface area contributed by atoms with Crippen molar-refractivity contribution in [3.8, 4) is 0 Å². The zero-order valence-corrected chi connectivity index (χ0v) is 11.3. The van der Waals surface area contributed by atoms with Gasteiger partial charge in [-0.15, -0.1) is 10.2 Å². The fourth-order valence-corrected chi connectivity index (χ4v) is 2.63. The highest BCUT2D eigenvalue weighted by molar-refractivity contribution is 6.32. The van der Waals surface area contributed by atoms with Crippen molar-refractivity contribution in [2.75, 3.05) is 18.0 Å². The molecule has 2 aromatic heterocycles. The van der Waals surface area contributed by atoms with E-state index in [0.29, 0.717) is 16.7 Å². The molecule has 3 rings (SSSR count). The number of piperidine rings is 1. The Morgan fingerprint density at radius 3 is 2.89 bits per heavy atom. The van der Waals surface area contributed by atoms with Crippen molar-refractivity contribution in [3.63, 3.8) is 0 Å². The molecule has 2 atom stereocenters. The van der Waals surface area contributed by atoms with Gasteiger partial charge in [-0.2, -0.15) is 0 Å². The number of nitrogens with zero attached hydrogens (tertiary/aromatic N) is 5. The molecule has 1 fully saturated rings. The third-order valence-corrected chi connectivity index (χ3v) is 4.15. The predicted octanol–water partition coefficient (Wildman–Crippen LogP) is 2.26. The monoisotopic (exact) mass is 265 g/mol. The largest absolute Gasteiger partial charge is 0.340 e. The molecule has 2 unspecified atom stereocenters. The number of hydrogen-bond acceptors (Lipinski definition) is 4. The molecule has 96 valence electrons. The molecule has 0 bridgehead atoms. The van der Waals surface area contributed by atoms with Crippen LogP contribution in [0.1, 0.15) is 20.3 Å². The lowest BCUT2D eigenvalue weighted by atomic mass is 9.89. The van der Waals surface area contributed by atoms with E-state index in [9.17, 15) is 0 Å². The highest BCUT2D eigenvalue weighted by Crippen LogP contribution is 2.26. The first kappa shape index (κ1) is 11.7. The van der Waals surface area contributed by atoms with Crippen molar-refractivity contribution < 1.29 is 0 Å². The molecule has 2 aromatic rings. The Balaban J connectivity index is 1.98. The lowest BCUT2D eigenvalue weighted by Gasteiger charge is -2.35. The molecule has 5 nitrogen and oxygen atoms in total. The van der Waals surface area contributed by atoms with E-state index in [0.717, 1.165) is 25.0 Å². The van der Waals surface area contributed by atoms with Crippen LogP contribution in [0.3, 0.4) is 0 Å². The summed E-state index contributed by atoms with van der Waals surface area (Å²) in [4.78, 5) is 6.30. The van der Waals surface area contributed by atoms with Crippen LogP contribution in [0.5, 0.6) is 0 Å². The molecule has 1 saturated heterocycles. The number of hydrogen-bond donors (Lipinski definition) is 0. The average molecular weight is 266 g/mol. The van der Waals surface area contributed by atoms with Gasteiger partial charge in [-0.1, -0.05) is 25.4 Å². The van der Waals surface area contributed by atoms with E-state index in [1.165, 1.54) is 6.42 Å². The van der Waals surface area contributed by atoms with Gasteiger partial charge in [-0.3, -0.25) is 4.40 Å². The molecule has 0 radical (unpaired) electrons. The molecular weight excluding hydrogens is 250 g/mol. The van der Waals surface area contributed by atoms with Crippen molar-refractivity contribution in [2.24, 2.45) is 11.8 Å². The van der Waals surface area contributed by atoms with E-state index >= 15 is 0 Å². The fourth-order valence-electron chi connectivity index (χ4n) is 2.44. The van der Waals surface area contributed by atoms with Crippen LogP contribution in [0.25, 0.3) is 5.65 Å². The number of halogens is 1. The normalized spacial score (nSPS) is 24.7. The van der Waals surface area contributed by atoms with Crippen LogP contribution in [0.15, 0.2) is 12.4 Å². The molecule has 3 heterocycles. The first-order valence-electron chi connectivity index (χ1n) is 6.27. The number of fused-ring (bicyclic) bond motifs is 1. The summed E-state index contributed by atoms with van der Waals surface area (Å²) in [5.74, 6) is 2.31. The summed E-state index contributed by atoms with van der Waals surface area (Å²) in [6.45, 7) is 6.63. The molecule has 1 aliphatic rings. The van der Waals surface area contributed by atoms with E-state index in [1.54, 1.807) is 6.20 Å². The molecule has 18 heavy (non-hydrogen) atoms. The van der Waals surface area contributed by atoms with Gasteiger partial charge in [-0.05, 0) is 18.3 Å². The van der Waals surface area contributed by atoms with Gasteiger partial charge in [0.2, 0.25) is 5.95 Å². The van der Waals surface area contributed by atoms with Gasteiger partial charge < -0.3 is 4.90 Å². The molecule has 0 aromatic carbocycles. The smallest absolute Gasteiger partial charge is 0.231 e. The van der Waals surface area contributed by atoms with Crippen molar-refractivity contribution in [2.45, 2.75) is 20.3 Å². The summed E-state index contributed by atoms with van der Waals surface area (Å²) < 4.78 is 1.91.